The molecule has 2 rings (SSSR count). The van der Waals surface area contributed by atoms with Gasteiger partial charge in [-0.2, -0.15) is 13.2 Å². The lowest BCUT2D eigenvalue weighted by molar-refractivity contribution is -0.137. The molecule has 0 aromatic heterocycles. The molecule has 19 heavy (non-hydrogen) atoms. The monoisotopic (exact) mass is 272 g/mol. The Kier molecular flexibility index (Phi) is 3.42. The summed E-state index contributed by atoms with van der Waals surface area (Å²) in [5.74, 6) is 0. The SMILES string of the molecule is CC1(C)CCCC(O)(c2ccc(C(F)(F)F)cc2)C1. The van der Waals surface area contributed by atoms with Crippen molar-refractivity contribution in [1.29, 1.82) is 0 Å². The number of aliphatic hydroxyl groups is 1. The van der Waals surface area contributed by atoms with Gasteiger partial charge in [-0.15, -0.1) is 0 Å². The molecule has 4 heteroatoms. The van der Waals surface area contributed by atoms with Gasteiger partial charge in [-0.25, -0.2) is 0 Å². The topological polar surface area (TPSA) is 20.2 Å². The Hall–Kier alpha value is -1.03. The van der Waals surface area contributed by atoms with E-state index >= 15 is 0 Å². The molecule has 0 amide bonds. The summed E-state index contributed by atoms with van der Waals surface area (Å²) in [6, 6.07) is 4.91. The largest absolute Gasteiger partial charge is 0.416 e. The highest BCUT2D eigenvalue weighted by molar-refractivity contribution is 5.29. The van der Waals surface area contributed by atoms with E-state index in [-0.39, 0.29) is 5.41 Å². The second-order valence-electron chi connectivity index (χ2n) is 6.30. The molecule has 1 nitrogen and oxygen atoms in total. The van der Waals surface area contributed by atoms with E-state index in [2.05, 4.69) is 13.8 Å². The van der Waals surface area contributed by atoms with Crippen molar-refractivity contribution in [2.24, 2.45) is 5.41 Å². The quantitative estimate of drug-likeness (QED) is 0.798. The number of alkyl halides is 3. The third-order valence-corrected chi connectivity index (χ3v) is 3.96. The van der Waals surface area contributed by atoms with Crippen LogP contribution in [-0.4, -0.2) is 5.11 Å². The van der Waals surface area contributed by atoms with Crippen molar-refractivity contribution in [3.05, 3.63) is 35.4 Å². The molecule has 1 aliphatic rings. The molecule has 0 aliphatic heterocycles. The third kappa shape index (κ3) is 3.11. The lowest BCUT2D eigenvalue weighted by Crippen LogP contribution is -2.36. The maximum absolute atomic E-state index is 12.5. The van der Waals surface area contributed by atoms with Crippen LogP contribution in [0.25, 0.3) is 0 Å². The molecule has 0 heterocycles. The van der Waals surface area contributed by atoms with Crippen molar-refractivity contribution in [2.75, 3.05) is 0 Å². The summed E-state index contributed by atoms with van der Waals surface area (Å²) in [7, 11) is 0. The molecule has 0 spiro atoms. The first-order valence-electron chi connectivity index (χ1n) is 6.53. The third-order valence-electron chi connectivity index (χ3n) is 3.96. The van der Waals surface area contributed by atoms with Crippen LogP contribution in [0.5, 0.6) is 0 Å². The van der Waals surface area contributed by atoms with Gasteiger partial charge in [-0.1, -0.05) is 26.0 Å². The van der Waals surface area contributed by atoms with E-state index < -0.39 is 17.3 Å². The molecule has 1 aliphatic carbocycles. The summed E-state index contributed by atoms with van der Waals surface area (Å²) in [6.45, 7) is 4.17. The van der Waals surface area contributed by atoms with Crippen molar-refractivity contribution in [3.8, 4) is 0 Å². The average Bonchev–Trinajstić information content (AvgIpc) is 2.26. The van der Waals surface area contributed by atoms with Gasteiger partial charge in [0.25, 0.3) is 0 Å². The Morgan fingerprint density at radius 1 is 1.05 bits per heavy atom. The molecule has 0 radical (unpaired) electrons. The van der Waals surface area contributed by atoms with Gasteiger partial charge in [0, 0.05) is 0 Å². The fraction of sp³-hybridized carbons (Fsp3) is 0.600. The van der Waals surface area contributed by atoms with Crippen LogP contribution in [0.3, 0.4) is 0 Å². The summed E-state index contributed by atoms with van der Waals surface area (Å²) in [6.07, 6.45) is -1.19. The first kappa shape index (κ1) is 14.4. The van der Waals surface area contributed by atoms with Crippen molar-refractivity contribution >= 4 is 0 Å². The minimum atomic E-state index is -4.33. The van der Waals surface area contributed by atoms with Crippen molar-refractivity contribution in [1.82, 2.24) is 0 Å². The Labute approximate surface area is 111 Å². The zero-order valence-electron chi connectivity index (χ0n) is 11.2. The van der Waals surface area contributed by atoms with Crippen LogP contribution in [0.2, 0.25) is 0 Å². The van der Waals surface area contributed by atoms with Crippen LogP contribution in [0, 0.1) is 5.41 Å². The number of rotatable bonds is 1. The molecular weight excluding hydrogens is 253 g/mol. The maximum atomic E-state index is 12.5. The van der Waals surface area contributed by atoms with Crippen LogP contribution in [0.15, 0.2) is 24.3 Å². The predicted octanol–water partition coefficient (Wildman–Crippen LogP) is 4.49. The van der Waals surface area contributed by atoms with E-state index in [4.69, 9.17) is 0 Å². The molecule has 0 saturated heterocycles. The fourth-order valence-corrected chi connectivity index (χ4v) is 3.04. The van der Waals surface area contributed by atoms with Gasteiger partial charge in [-0.3, -0.25) is 0 Å². The summed E-state index contributed by atoms with van der Waals surface area (Å²) in [4.78, 5) is 0. The molecule has 1 saturated carbocycles. The molecule has 1 atom stereocenters. The molecule has 1 fully saturated rings. The zero-order chi connectivity index (χ0) is 14.3. The van der Waals surface area contributed by atoms with Gasteiger partial charge >= 0.3 is 6.18 Å². The van der Waals surface area contributed by atoms with Crippen molar-refractivity contribution < 1.29 is 18.3 Å². The summed E-state index contributed by atoms with van der Waals surface area (Å²) in [5, 5.41) is 10.7. The van der Waals surface area contributed by atoms with Gasteiger partial charge in [0.1, 0.15) is 0 Å². The smallest absolute Gasteiger partial charge is 0.385 e. The maximum Gasteiger partial charge on any atom is 0.416 e. The highest BCUT2D eigenvalue weighted by Gasteiger charge is 2.40. The lowest BCUT2D eigenvalue weighted by Gasteiger charge is -2.42. The first-order valence-corrected chi connectivity index (χ1v) is 6.53. The van der Waals surface area contributed by atoms with Crippen LogP contribution >= 0.6 is 0 Å². The van der Waals surface area contributed by atoms with Crippen LogP contribution in [0.1, 0.15) is 50.7 Å². The summed E-state index contributed by atoms with van der Waals surface area (Å²) in [5.41, 5.74) is -1.05. The average molecular weight is 272 g/mol. The number of halogens is 3. The standard InChI is InChI=1S/C15H19F3O/c1-13(2)8-3-9-14(19,10-13)11-4-6-12(7-5-11)15(16,17)18/h4-7,19H,3,8-10H2,1-2H3. The van der Waals surface area contributed by atoms with E-state index in [1.165, 1.54) is 12.1 Å². The van der Waals surface area contributed by atoms with E-state index in [9.17, 15) is 18.3 Å². The predicted molar refractivity (Wildman–Crippen MR) is 67.6 cm³/mol. The van der Waals surface area contributed by atoms with Gasteiger partial charge < -0.3 is 5.11 Å². The Balaban J connectivity index is 2.26. The minimum absolute atomic E-state index is 0.0235. The van der Waals surface area contributed by atoms with Gasteiger partial charge in [0.05, 0.1) is 11.2 Å². The lowest BCUT2D eigenvalue weighted by atomic mass is 9.67. The number of hydrogen-bond donors (Lipinski definition) is 1. The Morgan fingerprint density at radius 3 is 2.11 bits per heavy atom. The Bertz CT molecular complexity index is 447. The summed E-state index contributed by atoms with van der Waals surface area (Å²) >= 11 is 0. The molecular formula is C15H19F3O. The summed E-state index contributed by atoms with van der Waals surface area (Å²) < 4.78 is 37.6. The molecule has 1 aromatic carbocycles. The molecule has 1 unspecified atom stereocenters. The van der Waals surface area contributed by atoms with Crippen molar-refractivity contribution in [3.63, 3.8) is 0 Å². The van der Waals surface area contributed by atoms with E-state index in [0.29, 0.717) is 18.4 Å². The molecule has 0 bridgehead atoms. The number of hydrogen-bond acceptors (Lipinski definition) is 1. The van der Waals surface area contributed by atoms with E-state index in [0.717, 1.165) is 25.0 Å². The fourth-order valence-electron chi connectivity index (χ4n) is 3.04. The highest BCUT2D eigenvalue weighted by atomic mass is 19.4. The van der Waals surface area contributed by atoms with E-state index in [1.54, 1.807) is 0 Å². The minimum Gasteiger partial charge on any atom is -0.385 e. The number of benzene rings is 1. The van der Waals surface area contributed by atoms with Crippen molar-refractivity contribution in [2.45, 2.75) is 51.3 Å². The second kappa shape index (κ2) is 4.51. The molecule has 106 valence electrons. The van der Waals surface area contributed by atoms with Crippen LogP contribution < -0.4 is 0 Å². The van der Waals surface area contributed by atoms with Gasteiger partial charge in [0.2, 0.25) is 0 Å². The highest BCUT2D eigenvalue weighted by Crippen LogP contribution is 2.46. The van der Waals surface area contributed by atoms with Gasteiger partial charge in [0.15, 0.2) is 0 Å². The zero-order valence-corrected chi connectivity index (χ0v) is 11.2. The van der Waals surface area contributed by atoms with Crippen LogP contribution in [-0.2, 0) is 11.8 Å². The van der Waals surface area contributed by atoms with E-state index in [1.807, 2.05) is 0 Å². The van der Waals surface area contributed by atoms with Crippen LogP contribution in [0.4, 0.5) is 13.2 Å². The van der Waals surface area contributed by atoms with Gasteiger partial charge in [-0.05, 0) is 48.8 Å². The molecule has 1 N–H and O–H groups in total. The second-order valence-corrected chi connectivity index (χ2v) is 6.30. The first-order chi connectivity index (χ1) is 8.62. The Morgan fingerprint density at radius 2 is 1.63 bits per heavy atom. The normalized spacial score (nSPS) is 27.3. The molecule has 1 aromatic rings.